The Morgan fingerprint density at radius 2 is 1.89 bits per heavy atom. The number of carboxylic acids is 1. The molecule has 1 saturated heterocycles. The average Bonchev–Trinajstić information content (AvgIpc) is 2.35. The third-order valence-corrected chi connectivity index (χ3v) is 3.67. The molecule has 6 heteroatoms. The van der Waals surface area contributed by atoms with Crippen molar-refractivity contribution < 1.29 is 19.5 Å². The van der Waals surface area contributed by atoms with E-state index >= 15 is 0 Å². The van der Waals surface area contributed by atoms with Gasteiger partial charge in [0, 0.05) is 32.0 Å². The molecule has 3 unspecified atom stereocenters. The summed E-state index contributed by atoms with van der Waals surface area (Å²) in [6.07, 6.45) is 1.68. The zero-order chi connectivity index (χ0) is 14.6. The van der Waals surface area contributed by atoms with Gasteiger partial charge in [0.15, 0.2) is 0 Å². The van der Waals surface area contributed by atoms with Crippen molar-refractivity contribution in [2.75, 3.05) is 13.1 Å². The van der Waals surface area contributed by atoms with Crippen LogP contribution in [0.5, 0.6) is 0 Å². The van der Waals surface area contributed by atoms with Crippen molar-refractivity contribution in [2.45, 2.75) is 39.7 Å². The third kappa shape index (κ3) is 4.22. The molecule has 0 aromatic rings. The monoisotopic (exact) mass is 270 g/mol. The van der Waals surface area contributed by atoms with Crippen molar-refractivity contribution in [1.29, 1.82) is 0 Å². The fourth-order valence-corrected chi connectivity index (χ4v) is 2.30. The highest BCUT2D eigenvalue weighted by molar-refractivity contribution is 5.84. The maximum Gasteiger partial charge on any atom is 0.307 e. The molecule has 0 saturated carbocycles. The largest absolute Gasteiger partial charge is 0.481 e. The maximum absolute atomic E-state index is 12.2. The Labute approximate surface area is 113 Å². The number of amides is 2. The molecule has 0 aliphatic carbocycles. The van der Waals surface area contributed by atoms with Crippen molar-refractivity contribution in [2.24, 2.45) is 11.8 Å². The lowest BCUT2D eigenvalue weighted by molar-refractivity contribution is -0.149. The van der Waals surface area contributed by atoms with Crippen LogP contribution in [0, 0.1) is 11.8 Å². The number of carbonyl (C=O) groups excluding carboxylic acids is 2. The molecule has 0 aromatic heterocycles. The quantitative estimate of drug-likeness (QED) is 0.777. The van der Waals surface area contributed by atoms with Gasteiger partial charge in [0.2, 0.25) is 11.8 Å². The number of carbonyl (C=O) groups is 3. The van der Waals surface area contributed by atoms with Gasteiger partial charge in [-0.2, -0.15) is 0 Å². The number of nitrogens with one attached hydrogen (secondary N) is 1. The predicted octanol–water partition coefficient (Wildman–Crippen LogP) is 0.470. The van der Waals surface area contributed by atoms with Crippen LogP contribution in [0.15, 0.2) is 0 Å². The Kier molecular flexibility index (Phi) is 5.32. The van der Waals surface area contributed by atoms with Gasteiger partial charge in [0.25, 0.3) is 0 Å². The minimum absolute atomic E-state index is 0.0254. The topological polar surface area (TPSA) is 86.7 Å². The molecule has 3 atom stereocenters. The lowest BCUT2D eigenvalue weighted by Gasteiger charge is -2.35. The van der Waals surface area contributed by atoms with E-state index in [0.717, 1.165) is 12.8 Å². The summed E-state index contributed by atoms with van der Waals surface area (Å²) in [5.74, 6) is -2.46. The van der Waals surface area contributed by atoms with E-state index in [0.29, 0.717) is 13.1 Å². The molecule has 6 nitrogen and oxygen atoms in total. The molecule has 0 spiro atoms. The van der Waals surface area contributed by atoms with Crippen LogP contribution in [-0.4, -0.2) is 46.9 Å². The molecule has 1 heterocycles. The molecule has 1 aliphatic rings. The molecule has 1 rings (SSSR count). The Balaban J connectivity index is 2.61. The van der Waals surface area contributed by atoms with Gasteiger partial charge in [0.05, 0.1) is 5.92 Å². The smallest absolute Gasteiger partial charge is 0.307 e. The van der Waals surface area contributed by atoms with Gasteiger partial charge in [-0.3, -0.25) is 14.4 Å². The van der Waals surface area contributed by atoms with E-state index in [1.807, 2.05) is 0 Å². The molecule has 0 aromatic carbocycles. The third-order valence-electron chi connectivity index (χ3n) is 3.67. The van der Waals surface area contributed by atoms with E-state index in [4.69, 9.17) is 5.11 Å². The lowest BCUT2D eigenvalue weighted by atomic mass is 9.93. The Hall–Kier alpha value is -1.59. The zero-order valence-corrected chi connectivity index (χ0v) is 11.7. The summed E-state index contributed by atoms with van der Waals surface area (Å²) < 4.78 is 0. The summed E-state index contributed by atoms with van der Waals surface area (Å²) in [5, 5.41) is 11.8. The van der Waals surface area contributed by atoms with Crippen LogP contribution < -0.4 is 5.32 Å². The first-order chi connectivity index (χ1) is 8.82. The average molecular weight is 270 g/mol. The molecule has 19 heavy (non-hydrogen) atoms. The summed E-state index contributed by atoms with van der Waals surface area (Å²) >= 11 is 0. The van der Waals surface area contributed by atoms with E-state index in [2.05, 4.69) is 5.32 Å². The van der Waals surface area contributed by atoms with Gasteiger partial charge in [0.1, 0.15) is 0 Å². The van der Waals surface area contributed by atoms with Gasteiger partial charge in [-0.1, -0.05) is 13.8 Å². The predicted molar refractivity (Wildman–Crippen MR) is 69.4 cm³/mol. The normalized spacial score (nSPS) is 22.5. The highest BCUT2D eigenvalue weighted by atomic mass is 16.4. The van der Waals surface area contributed by atoms with Crippen LogP contribution in [0.2, 0.25) is 0 Å². The molecular formula is C13H22N2O4. The van der Waals surface area contributed by atoms with Crippen LogP contribution in [0.25, 0.3) is 0 Å². The zero-order valence-electron chi connectivity index (χ0n) is 11.7. The first-order valence-electron chi connectivity index (χ1n) is 6.61. The second-order valence-electron chi connectivity index (χ2n) is 5.24. The maximum atomic E-state index is 12.2. The van der Waals surface area contributed by atoms with Gasteiger partial charge >= 0.3 is 5.97 Å². The number of hydrogen-bond donors (Lipinski definition) is 2. The molecule has 1 aliphatic heterocycles. The molecule has 0 bridgehead atoms. The van der Waals surface area contributed by atoms with E-state index in [-0.39, 0.29) is 17.9 Å². The Morgan fingerprint density at radius 3 is 2.42 bits per heavy atom. The minimum Gasteiger partial charge on any atom is -0.481 e. The summed E-state index contributed by atoms with van der Waals surface area (Å²) in [6.45, 7) is 5.74. The van der Waals surface area contributed by atoms with Crippen molar-refractivity contribution in [3.8, 4) is 0 Å². The van der Waals surface area contributed by atoms with Gasteiger partial charge in [-0.05, 0) is 12.8 Å². The van der Waals surface area contributed by atoms with Crippen LogP contribution in [-0.2, 0) is 14.4 Å². The fourth-order valence-electron chi connectivity index (χ4n) is 2.30. The van der Waals surface area contributed by atoms with Gasteiger partial charge < -0.3 is 15.3 Å². The molecule has 2 N–H and O–H groups in total. The number of hydrogen-bond acceptors (Lipinski definition) is 3. The molecule has 108 valence electrons. The van der Waals surface area contributed by atoms with E-state index in [9.17, 15) is 14.4 Å². The minimum atomic E-state index is -0.962. The highest BCUT2D eigenvalue weighted by Crippen LogP contribution is 2.18. The number of piperidine rings is 1. The van der Waals surface area contributed by atoms with Gasteiger partial charge in [-0.15, -0.1) is 0 Å². The summed E-state index contributed by atoms with van der Waals surface area (Å²) in [6, 6.07) is -0.0254. The van der Waals surface area contributed by atoms with Crippen LogP contribution in [0.1, 0.15) is 33.6 Å². The van der Waals surface area contributed by atoms with Crippen molar-refractivity contribution >= 4 is 17.8 Å². The molecule has 1 fully saturated rings. The van der Waals surface area contributed by atoms with Crippen LogP contribution in [0.4, 0.5) is 0 Å². The lowest BCUT2D eigenvalue weighted by Crippen LogP contribution is -2.51. The first kappa shape index (κ1) is 15.5. The highest BCUT2D eigenvalue weighted by Gasteiger charge is 2.32. The second kappa shape index (κ2) is 6.54. The van der Waals surface area contributed by atoms with E-state index in [1.54, 1.807) is 18.7 Å². The van der Waals surface area contributed by atoms with Crippen LogP contribution >= 0.6 is 0 Å². The van der Waals surface area contributed by atoms with Gasteiger partial charge in [-0.25, -0.2) is 0 Å². The number of likely N-dealkylation sites (tertiary alicyclic amines) is 1. The second-order valence-corrected chi connectivity index (χ2v) is 5.24. The van der Waals surface area contributed by atoms with Crippen molar-refractivity contribution in [1.82, 2.24) is 10.2 Å². The summed E-state index contributed by atoms with van der Waals surface area (Å²) in [7, 11) is 0. The van der Waals surface area contributed by atoms with E-state index in [1.165, 1.54) is 6.92 Å². The fraction of sp³-hybridized carbons (Fsp3) is 0.769. The first-order valence-corrected chi connectivity index (χ1v) is 6.61. The van der Waals surface area contributed by atoms with Crippen molar-refractivity contribution in [3.63, 3.8) is 0 Å². The van der Waals surface area contributed by atoms with E-state index < -0.39 is 17.8 Å². The number of rotatable bonds is 4. The Bertz CT molecular complexity index is 370. The Morgan fingerprint density at radius 1 is 1.26 bits per heavy atom. The SMILES string of the molecule is CC(=O)NC1CCCN(C(=O)C(C)C(C)C(=O)O)C1. The molecule has 0 radical (unpaired) electrons. The summed E-state index contributed by atoms with van der Waals surface area (Å²) in [4.78, 5) is 35.8. The number of aliphatic carboxylic acids is 1. The van der Waals surface area contributed by atoms with Crippen LogP contribution in [0.3, 0.4) is 0 Å². The number of carboxylic acid groups (broad SMARTS) is 1. The standard InChI is InChI=1S/C13H22N2O4/c1-8(9(2)13(18)19)12(17)15-6-4-5-11(7-15)14-10(3)16/h8-9,11H,4-7H2,1-3H3,(H,14,16)(H,18,19). The van der Waals surface area contributed by atoms with Crippen molar-refractivity contribution in [3.05, 3.63) is 0 Å². The molecular weight excluding hydrogens is 248 g/mol. The number of nitrogens with zero attached hydrogens (tertiary/aromatic N) is 1. The molecule has 2 amide bonds. The summed E-state index contributed by atoms with van der Waals surface area (Å²) in [5.41, 5.74) is 0.